The zero-order chi connectivity index (χ0) is 46.4. The molecule has 19 atom stereocenters. The number of aliphatic carboxylic acids is 2. The van der Waals surface area contributed by atoms with Gasteiger partial charge in [-0.1, -0.05) is 27.7 Å². The summed E-state index contributed by atoms with van der Waals surface area (Å²) in [6.07, 6.45) is -10.2. The zero-order valence-corrected chi connectivity index (χ0v) is 37.5. The molecule has 19 heteroatoms. The van der Waals surface area contributed by atoms with Gasteiger partial charge in [0, 0.05) is 37.3 Å². The first-order chi connectivity index (χ1) is 27.5. The lowest BCUT2D eigenvalue weighted by molar-refractivity contribution is -0.318. The third-order valence-electron chi connectivity index (χ3n) is 12.5. The van der Waals surface area contributed by atoms with Gasteiger partial charge in [0.25, 0.3) is 0 Å². The van der Waals surface area contributed by atoms with E-state index in [-0.39, 0.29) is 31.4 Å². The van der Waals surface area contributed by atoms with Crippen LogP contribution in [0.1, 0.15) is 101 Å². The molecule has 350 valence electrons. The van der Waals surface area contributed by atoms with Crippen molar-refractivity contribution in [2.45, 2.75) is 192 Å². The van der Waals surface area contributed by atoms with Crippen LogP contribution in [0.25, 0.3) is 0 Å². The fraction of sp³-hybridized carbons (Fsp3) is 0.902. The number of aliphatic hydroxyl groups excluding tert-OH is 3. The second-order valence-corrected chi connectivity index (χ2v) is 18.0. The minimum absolute atomic E-state index is 0.0936. The molecular weight excluding hydrogens is 792 g/mol. The van der Waals surface area contributed by atoms with Crippen molar-refractivity contribution < 1.29 is 83.3 Å². The molecule has 3 aliphatic heterocycles. The van der Waals surface area contributed by atoms with Crippen LogP contribution < -0.4 is 5.73 Å². The Morgan fingerprint density at radius 1 is 0.917 bits per heavy atom. The van der Waals surface area contributed by atoms with E-state index < -0.39 is 132 Å². The van der Waals surface area contributed by atoms with Crippen LogP contribution in [-0.2, 0) is 47.6 Å². The summed E-state index contributed by atoms with van der Waals surface area (Å²) in [5.41, 5.74) is -0.00202. The first kappa shape index (κ1) is 53.7. The van der Waals surface area contributed by atoms with Gasteiger partial charge in [-0.15, -0.1) is 0 Å². The van der Waals surface area contributed by atoms with Crippen LogP contribution in [0, 0.1) is 23.7 Å². The van der Waals surface area contributed by atoms with Crippen molar-refractivity contribution in [2.24, 2.45) is 29.4 Å². The first-order valence-electron chi connectivity index (χ1n) is 20.7. The molecule has 0 aromatic carbocycles. The number of carbonyl (C=O) groups excluding carboxylic acids is 2. The molecule has 0 bridgehead atoms. The number of hydrogen-bond donors (Lipinski definition) is 8. The number of carboxylic acids is 2. The largest absolute Gasteiger partial charge is 0.481 e. The number of ether oxygens (including phenoxy) is 6. The van der Waals surface area contributed by atoms with E-state index in [0.29, 0.717) is 6.42 Å². The maximum atomic E-state index is 14.1. The first-order valence-corrected chi connectivity index (χ1v) is 20.7. The quantitative estimate of drug-likeness (QED) is 0.140. The number of esters is 1. The number of cyclic esters (lactones) is 1. The van der Waals surface area contributed by atoms with Gasteiger partial charge < -0.3 is 74.8 Å². The molecule has 3 aliphatic rings. The standard InChI is InChI=1S/C37H67NO13.C4H7NO4/c1-14-25-37(10,45)30(41)20(4)27(39)18(2)16-35(8,44)32(51-34-28(40)24(38(11)12)15-19(3)47-34)21(5)29(22(6)33(43)49-25)50-26-17-36(9,46-13)31(42)23(7)48-26;5-2(4(8)9)1-3(6)7/h18-26,28-32,34,40-42,44-45H,14-17H2,1-13H3;2H,1,5H2,(H,6,7)(H,8,9)/t18-,19+,20+,21+,22+,23-,24-,25?,26-,28+,29+,30-,31-,32-,34-,35-,36+,37-;2-/m00/s1. The Morgan fingerprint density at radius 2 is 1.50 bits per heavy atom. The van der Waals surface area contributed by atoms with Crippen LogP contribution >= 0.6 is 0 Å². The van der Waals surface area contributed by atoms with Crippen molar-refractivity contribution in [3.8, 4) is 0 Å². The molecule has 0 aromatic heterocycles. The van der Waals surface area contributed by atoms with Crippen LogP contribution in [0.3, 0.4) is 0 Å². The molecule has 9 N–H and O–H groups in total. The lowest BCUT2D eigenvalue weighted by Crippen LogP contribution is -2.61. The lowest BCUT2D eigenvalue weighted by atomic mass is 9.74. The van der Waals surface area contributed by atoms with Gasteiger partial charge >= 0.3 is 17.9 Å². The molecule has 3 saturated heterocycles. The molecule has 0 amide bonds. The molecule has 3 heterocycles. The van der Waals surface area contributed by atoms with E-state index in [2.05, 4.69) is 0 Å². The summed E-state index contributed by atoms with van der Waals surface area (Å²) < 4.78 is 37.1. The molecular formula is C41H74N2O17. The van der Waals surface area contributed by atoms with Gasteiger partial charge in [0.2, 0.25) is 0 Å². The maximum Gasteiger partial charge on any atom is 0.321 e. The SMILES string of the molecule is CCC1OC(=O)[C@H](C)[C@H](O[C@H]2C[C@@](C)(OC)[C@@H](O)[C@H](C)O2)[C@@H](C)[C@H](O[C@@H]2O[C@H](C)C[C@H](N(C)C)[C@H]2O)[C@@](C)(O)C[C@H](C)C(=O)[C@@H](C)[C@H](O)[C@@]1(C)O.N[C@@H](CC(=O)O)C(=O)O. The second kappa shape index (κ2) is 21.8. The van der Waals surface area contributed by atoms with Gasteiger partial charge in [-0.2, -0.15) is 0 Å². The fourth-order valence-corrected chi connectivity index (χ4v) is 8.69. The van der Waals surface area contributed by atoms with E-state index in [1.807, 2.05) is 25.9 Å². The van der Waals surface area contributed by atoms with Crippen molar-refractivity contribution in [2.75, 3.05) is 21.2 Å². The molecule has 0 radical (unpaired) electrons. The van der Waals surface area contributed by atoms with Crippen LogP contribution in [0.2, 0.25) is 0 Å². The Morgan fingerprint density at radius 3 is 1.98 bits per heavy atom. The monoisotopic (exact) mass is 866 g/mol. The predicted molar refractivity (Wildman–Crippen MR) is 214 cm³/mol. The predicted octanol–water partition coefficient (Wildman–Crippen LogP) is 0.659. The van der Waals surface area contributed by atoms with Gasteiger partial charge in [-0.05, 0) is 74.9 Å². The Balaban J connectivity index is 0.00000123. The van der Waals surface area contributed by atoms with Gasteiger partial charge in [-0.25, -0.2) is 0 Å². The number of likely N-dealkylation sites (N-methyl/N-ethyl adjacent to an activating group) is 1. The summed E-state index contributed by atoms with van der Waals surface area (Å²) in [7, 11) is 5.18. The highest BCUT2D eigenvalue weighted by molar-refractivity contribution is 5.83. The molecule has 0 saturated carbocycles. The Labute approximate surface area is 353 Å². The van der Waals surface area contributed by atoms with Crippen molar-refractivity contribution in [3.05, 3.63) is 0 Å². The van der Waals surface area contributed by atoms with Gasteiger partial charge in [0.1, 0.15) is 35.7 Å². The number of ketones is 1. The highest BCUT2D eigenvalue weighted by Crippen LogP contribution is 2.40. The zero-order valence-electron chi connectivity index (χ0n) is 37.5. The Hall–Kier alpha value is -2.40. The smallest absolute Gasteiger partial charge is 0.321 e. The number of hydrogen-bond acceptors (Lipinski definition) is 17. The van der Waals surface area contributed by atoms with Crippen LogP contribution in [0.4, 0.5) is 0 Å². The molecule has 60 heavy (non-hydrogen) atoms. The number of aliphatic hydroxyl groups is 5. The second-order valence-electron chi connectivity index (χ2n) is 18.0. The molecule has 3 fully saturated rings. The number of rotatable bonds is 10. The fourth-order valence-electron chi connectivity index (χ4n) is 8.69. The number of nitrogens with two attached hydrogens (primary N) is 1. The lowest BCUT2D eigenvalue weighted by Gasteiger charge is -2.49. The Kier molecular flexibility index (Phi) is 19.5. The van der Waals surface area contributed by atoms with Crippen LogP contribution in [0.15, 0.2) is 0 Å². The minimum atomic E-state index is -1.99. The number of nitrogens with zero attached hydrogens (tertiary/aromatic N) is 1. The highest BCUT2D eigenvalue weighted by Gasteiger charge is 2.53. The van der Waals surface area contributed by atoms with Gasteiger partial charge in [-0.3, -0.25) is 19.2 Å². The number of methoxy groups -OCH3 is 1. The molecule has 19 nitrogen and oxygen atoms in total. The van der Waals surface area contributed by atoms with E-state index in [4.69, 9.17) is 44.4 Å². The molecule has 3 rings (SSSR count). The molecule has 0 spiro atoms. The average Bonchev–Trinajstić information content (AvgIpc) is 3.15. The van der Waals surface area contributed by atoms with Crippen molar-refractivity contribution in [1.82, 2.24) is 4.90 Å². The molecule has 1 unspecified atom stereocenters. The van der Waals surface area contributed by atoms with Crippen molar-refractivity contribution >= 4 is 23.7 Å². The third kappa shape index (κ3) is 13.1. The number of Topliss-reactive ketones (excluding diaryl/α,β-unsaturated/α-hetero) is 1. The van der Waals surface area contributed by atoms with E-state index in [0.717, 1.165) is 0 Å². The summed E-state index contributed by atoms with van der Waals surface area (Å²) in [6, 6.07) is -1.61. The number of carboxylic acid groups (broad SMARTS) is 2. The minimum Gasteiger partial charge on any atom is -0.481 e. The van der Waals surface area contributed by atoms with Gasteiger partial charge in [0.15, 0.2) is 12.6 Å². The maximum absolute atomic E-state index is 14.1. The number of carbonyl (C=O) groups is 4. The average molecular weight is 867 g/mol. The normalized spacial score (nSPS) is 44.2. The molecule has 0 aromatic rings. The van der Waals surface area contributed by atoms with Crippen molar-refractivity contribution in [3.63, 3.8) is 0 Å². The summed E-state index contributed by atoms with van der Waals surface area (Å²) >= 11 is 0. The third-order valence-corrected chi connectivity index (χ3v) is 12.5. The summed E-state index contributed by atoms with van der Waals surface area (Å²) in [5, 5.41) is 73.6. The van der Waals surface area contributed by atoms with E-state index in [1.165, 1.54) is 27.9 Å². The van der Waals surface area contributed by atoms with Crippen LogP contribution in [-0.4, -0.2) is 176 Å². The Bertz CT molecular complexity index is 1430. The summed E-state index contributed by atoms with van der Waals surface area (Å²) in [6.45, 7) is 16.3. The van der Waals surface area contributed by atoms with E-state index >= 15 is 0 Å². The summed E-state index contributed by atoms with van der Waals surface area (Å²) in [4.78, 5) is 49.4. The van der Waals surface area contributed by atoms with E-state index in [9.17, 15) is 44.7 Å². The molecule has 0 aliphatic carbocycles. The van der Waals surface area contributed by atoms with Crippen molar-refractivity contribution in [1.29, 1.82) is 0 Å². The van der Waals surface area contributed by atoms with E-state index in [1.54, 1.807) is 41.5 Å². The van der Waals surface area contributed by atoms with Crippen LogP contribution in [0.5, 0.6) is 0 Å². The topological polar surface area (TPSA) is 295 Å². The summed E-state index contributed by atoms with van der Waals surface area (Å²) in [5.74, 6) is -7.47. The highest BCUT2D eigenvalue weighted by atomic mass is 16.7. The van der Waals surface area contributed by atoms with Gasteiger partial charge in [0.05, 0.1) is 54.1 Å².